The van der Waals surface area contributed by atoms with Gasteiger partial charge in [0.25, 0.3) is 5.91 Å². The van der Waals surface area contributed by atoms with Crippen molar-refractivity contribution in [3.8, 4) is 0 Å². The Morgan fingerprint density at radius 2 is 2.04 bits per heavy atom. The molecule has 0 N–H and O–H groups in total. The fourth-order valence-corrected chi connectivity index (χ4v) is 2.44. The van der Waals surface area contributed by atoms with Crippen molar-refractivity contribution in [3.63, 3.8) is 0 Å². The van der Waals surface area contributed by atoms with Crippen LogP contribution in [0.5, 0.6) is 0 Å². The monoisotopic (exact) mass is 330 g/mol. The molecule has 0 radical (unpaired) electrons. The van der Waals surface area contributed by atoms with E-state index in [9.17, 15) is 9.59 Å². The minimum absolute atomic E-state index is 0.143. The second-order valence-corrected chi connectivity index (χ2v) is 5.27. The van der Waals surface area contributed by atoms with Crippen LogP contribution >= 0.6 is 0 Å². The molecule has 0 saturated carbocycles. The average Bonchev–Trinajstić information content (AvgIpc) is 2.84. The first-order valence-corrected chi connectivity index (χ1v) is 7.86. The number of amidine groups is 1. The molecule has 128 valence electrons. The molecule has 1 aliphatic heterocycles. The molecule has 24 heavy (non-hydrogen) atoms. The molecule has 0 atom stereocenters. The summed E-state index contributed by atoms with van der Waals surface area (Å²) in [5.74, 6) is -0.343. The Bertz CT molecular complexity index is 676. The van der Waals surface area contributed by atoms with Gasteiger partial charge in [0, 0.05) is 13.1 Å². The van der Waals surface area contributed by atoms with Gasteiger partial charge in [-0.25, -0.2) is 4.99 Å². The summed E-state index contributed by atoms with van der Waals surface area (Å²) in [5.41, 5.74) is 1.94. The van der Waals surface area contributed by atoms with E-state index >= 15 is 0 Å². The van der Waals surface area contributed by atoms with Gasteiger partial charge in [-0.3, -0.25) is 19.5 Å². The number of carbonyl (C=O) groups is 2. The molecule has 0 aliphatic carbocycles. The van der Waals surface area contributed by atoms with E-state index in [0.717, 1.165) is 18.8 Å². The van der Waals surface area contributed by atoms with Crippen LogP contribution in [0.15, 0.2) is 29.0 Å². The Balaban J connectivity index is 2.17. The Labute approximate surface area is 141 Å². The number of anilines is 1. The highest BCUT2D eigenvalue weighted by atomic mass is 16.5. The van der Waals surface area contributed by atoms with Crippen LogP contribution in [0.3, 0.4) is 0 Å². The Morgan fingerprint density at radius 1 is 1.33 bits per heavy atom. The molecule has 0 fully saturated rings. The predicted octanol–water partition coefficient (Wildman–Crippen LogP) is 1.70. The van der Waals surface area contributed by atoms with Crippen molar-refractivity contribution >= 4 is 29.5 Å². The largest absolute Gasteiger partial charge is 0.468 e. The number of aliphatic imine (C=N–C) groups is 1. The molecule has 1 aromatic rings. The van der Waals surface area contributed by atoms with Crippen LogP contribution in [0.4, 0.5) is 5.69 Å². The van der Waals surface area contributed by atoms with Crippen molar-refractivity contribution < 1.29 is 14.3 Å². The smallest absolute Gasteiger partial charge is 0.325 e. The molecule has 0 unspecified atom stereocenters. The Hall–Kier alpha value is -2.70. The Kier molecular flexibility index (Phi) is 5.68. The van der Waals surface area contributed by atoms with E-state index in [1.54, 1.807) is 19.2 Å². The van der Waals surface area contributed by atoms with Gasteiger partial charge in [0.05, 0.1) is 24.7 Å². The standard InChI is InChI=1S/C17H22N4O3/c1-5-20(6-2)14-8-7-13(18-10-14)9-15-17(23)21(12(3)19-15)11-16(22)24-4/h7-10H,5-6,11H2,1-4H3/b15-9-. The average molecular weight is 330 g/mol. The van der Waals surface area contributed by atoms with E-state index in [1.807, 2.05) is 12.1 Å². The van der Waals surface area contributed by atoms with Crippen LogP contribution in [0.2, 0.25) is 0 Å². The molecule has 0 bridgehead atoms. The molecular formula is C17H22N4O3. The summed E-state index contributed by atoms with van der Waals surface area (Å²) < 4.78 is 4.59. The van der Waals surface area contributed by atoms with Crippen molar-refractivity contribution in [3.05, 3.63) is 29.7 Å². The van der Waals surface area contributed by atoms with Crippen molar-refractivity contribution in [1.29, 1.82) is 0 Å². The molecule has 2 heterocycles. The van der Waals surface area contributed by atoms with Crippen LogP contribution in [0.25, 0.3) is 6.08 Å². The van der Waals surface area contributed by atoms with E-state index < -0.39 is 5.97 Å². The molecule has 7 nitrogen and oxygen atoms in total. The summed E-state index contributed by atoms with van der Waals surface area (Å²) in [7, 11) is 1.29. The third kappa shape index (κ3) is 3.79. The lowest BCUT2D eigenvalue weighted by Gasteiger charge is -2.20. The summed E-state index contributed by atoms with van der Waals surface area (Å²) in [6.45, 7) is 7.52. The SMILES string of the molecule is CCN(CC)c1ccc(/C=C2\N=C(C)N(CC(=O)OC)C2=O)nc1. The quantitative estimate of drug-likeness (QED) is 0.586. The number of aromatic nitrogens is 1. The van der Waals surface area contributed by atoms with E-state index in [4.69, 9.17) is 0 Å². The fourth-order valence-electron chi connectivity index (χ4n) is 2.44. The minimum atomic E-state index is -0.485. The highest BCUT2D eigenvalue weighted by molar-refractivity contribution is 6.14. The molecule has 0 aromatic carbocycles. The fraction of sp³-hybridized carbons (Fsp3) is 0.412. The summed E-state index contributed by atoms with van der Waals surface area (Å²) in [5, 5.41) is 0. The highest BCUT2D eigenvalue weighted by Crippen LogP contribution is 2.19. The number of hydrogen-bond acceptors (Lipinski definition) is 6. The number of carbonyl (C=O) groups excluding carboxylic acids is 2. The van der Waals surface area contributed by atoms with E-state index in [-0.39, 0.29) is 18.1 Å². The maximum atomic E-state index is 12.3. The van der Waals surface area contributed by atoms with Crippen LogP contribution < -0.4 is 4.90 Å². The lowest BCUT2D eigenvalue weighted by Crippen LogP contribution is -2.35. The molecular weight excluding hydrogens is 308 g/mol. The molecule has 1 aromatic heterocycles. The normalized spacial score (nSPS) is 15.7. The zero-order valence-electron chi connectivity index (χ0n) is 14.4. The van der Waals surface area contributed by atoms with E-state index in [0.29, 0.717) is 11.5 Å². The molecule has 7 heteroatoms. The summed E-state index contributed by atoms with van der Waals surface area (Å²) in [4.78, 5) is 35.8. The minimum Gasteiger partial charge on any atom is -0.468 e. The molecule has 2 rings (SSSR count). The summed E-state index contributed by atoms with van der Waals surface area (Å²) in [6.07, 6.45) is 3.40. The number of rotatable bonds is 6. The molecule has 1 amide bonds. The second-order valence-electron chi connectivity index (χ2n) is 5.27. The zero-order valence-corrected chi connectivity index (χ0v) is 14.4. The predicted molar refractivity (Wildman–Crippen MR) is 92.6 cm³/mol. The van der Waals surface area contributed by atoms with Gasteiger partial charge >= 0.3 is 5.97 Å². The van der Waals surface area contributed by atoms with Gasteiger partial charge in [0.15, 0.2) is 0 Å². The van der Waals surface area contributed by atoms with Gasteiger partial charge in [-0.2, -0.15) is 0 Å². The van der Waals surface area contributed by atoms with Crippen molar-refractivity contribution in [2.45, 2.75) is 20.8 Å². The van der Waals surface area contributed by atoms with Gasteiger partial charge in [0.2, 0.25) is 0 Å². The first-order chi connectivity index (χ1) is 11.5. The van der Waals surface area contributed by atoms with Crippen LogP contribution in [0.1, 0.15) is 26.5 Å². The number of pyridine rings is 1. The number of esters is 1. The maximum absolute atomic E-state index is 12.3. The van der Waals surface area contributed by atoms with Crippen molar-refractivity contribution in [2.24, 2.45) is 4.99 Å². The molecule has 0 saturated heterocycles. The van der Waals surface area contributed by atoms with E-state index in [2.05, 4.69) is 33.5 Å². The van der Waals surface area contributed by atoms with Gasteiger partial charge < -0.3 is 9.64 Å². The van der Waals surface area contributed by atoms with Crippen LogP contribution in [-0.4, -0.2) is 54.3 Å². The Morgan fingerprint density at radius 3 is 2.58 bits per heavy atom. The van der Waals surface area contributed by atoms with Crippen LogP contribution in [0, 0.1) is 0 Å². The number of amides is 1. The van der Waals surface area contributed by atoms with Crippen molar-refractivity contribution in [2.75, 3.05) is 31.6 Å². The number of methoxy groups -OCH3 is 1. The van der Waals surface area contributed by atoms with Gasteiger partial charge in [-0.1, -0.05) is 0 Å². The first-order valence-electron chi connectivity index (χ1n) is 7.86. The topological polar surface area (TPSA) is 75.1 Å². The van der Waals surface area contributed by atoms with Gasteiger partial charge in [0.1, 0.15) is 18.1 Å². The second kappa shape index (κ2) is 7.72. The lowest BCUT2D eigenvalue weighted by atomic mass is 10.2. The lowest BCUT2D eigenvalue weighted by molar-refractivity contribution is -0.143. The van der Waals surface area contributed by atoms with E-state index in [1.165, 1.54) is 12.0 Å². The highest BCUT2D eigenvalue weighted by Gasteiger charge is 2.29. The number of ether oxygens (including phenoxy) is 1. The van der Waals surface area contributed by atoms with Gasteiger partial charge in [-0.15, -0.1) is 0 Å². The third-order valence-electron chi connectivity index (χ3n) is 3.84. The number of nitrogens with zero attached hydrogens (tertiary/aromatic N) is 4. The first kappa shape index (κ1) is 17.7. The summed E-state index contributed by atoms with van der Waals surface area (Å²) >= 11 is 0. The summed E-state index contributed by atoms with van der Waals surface area (Å²) in [6, 6.07) is 3.82. The number of hydrogen-bond donors (Lipinski definition) is 0. The molecule has 0 spiro atoms. The molecule has 1 aliphatic rings. The van der Waals surface area contributed by atoms with Gasteiger partial charge in [-0.05, 0) is 39.0 Å². The van der Waals surface area contributed by atoms with Crippen LogP contribution in [-0.2, 0) is 14.3 Å². The maximum Gasteiger partial charge on any atom is 0.325 e. The van der Waals surface area contributed by atoms with Crippen molar-refractivity contribution in [1.82, 2.24) is 9.88 Å². The third-order valence-corrected chi connectivity index (χ3v) is 3.84. The zero-order chi connectivity index (χ0) is 17.7.